The minimum absolute atomic E-state index is 0.00421. The quantitative estimate of drug-likeness (QED) is 0.744. The highest BCUT2D eigenvalue weighted by Gasteiger charge is 2.29. The van der Waals surface area contributed by atoms with E-state index < -0.39 is 0 Å². The second kappa shape index (κ2) is 7.95. The number of nitrogens with zero attached hydrogens (tertiary/aromatic N) is 2. The average Bonchev–Trinajstić information content (AvgIpc) is 3.15. The van der Waals surface area contributed by atoms with Gasteiger partial charge in [-0.2, -0.15) is 0 Å². The van der Waals surface area contributed by atoms with Crippen LogP contribution in [-0.4, -0.2) is 23.5 Å². The van der Waals surface area contributed by atoms with Gasteiger partial charge in [-0.25, -0.2) is 4.98 Å². The van der Waals surface area contributed by atoms with E-state index in [1.807, 2.05) is 41.3 Å². The molecule has 1 fully saturated rings. The lowest BCUT2D eigenvalue weighted by Crippen LogP contribution is -2.42. The number of amides is 1. The maximum absolute atomic E-state index is 13.1. The highest BCUT2D eigenvalue weighted by molar-refractivity contribution is 6.03. The van der Waals surface area contributed by atoms with Gasteiger partial charge >= 0.3 is 0 Å². The van der Waals surface area contributed by atoms with Gasteiger partial charge in [0.15, 0.2) is 0 Å². The maximum Gasteiger partial charge on any atom is 0.252 e. The van der Waals surface area contributed by atoms with E-state index in [4.69, 9.17) is 4.74 Å². The maximum atomic E-state index is 13.1. The Labute approximate surface area is 160 Å². The number of aromatic nitrogens is 1. The summed E-state index contributed by atoms with van der Waals surface area (Å²) in [5.74, 6) is 2.35. The molecule has 27 heavy (non-hydrogen) atoms. The lowest BCUT2D eigenvalue weighted by Gasteiger charge is -2.35. The first-order valence-corrected chi connectivity index (χ1v) is 9.89. The fourth-order valence-electron chi connectivity index (χ4n) is 4.17. The molecule has 2 atom stereocenters. The van der Waals surface area contributed by atoms with Crippen molar-refractivity contribution in [2.45, 2.75) is 45.1 Å². The summed E-state index contributed by atoms with van der Waals surface area (Å²) < 4.78 is 5.56. The molecule has 2 aromatic rings. The van der Waals surface area contributed by atoms with Gasteiger partial charge in [0.25, 0.3) is 5.91 Å². The van der Waals surface area contributed by atoms with Crippen molar-refractivity contribution in [3.05, 3.63) is 59.8 Å². The van der Waals surface area contributed by atoms with Crippen molar-refractivity contribution in [1.29, 1.82) is 0 Å². The van der Waals surface area contributed by atoms with E-state index in [1.165, 1.54) is 12.0 Å². The summed E-state index contributed by atoms with van der Waals surface area (Å²) in [6, 6.07) is 12.1. The van der Waals surface area contributed by atoms with Gasteiger partial charge in [-0.05, 0) is 60.2 Å². The lowest BCUT2D eigenvalue weighted by atomic mass is 9.86. The molecule has 140 valence electrons. The molecule has 1 aromatic carbocycles. The van der Waals surface area contributed by atoms with Crippen LogP contribution in [0.5, 0.6) is 5.75 Å². The first-order chi connectivity index (χ1) is 13.2. The zero-order valence-electron chi connectivity index (χ0n) is 15.8. The molecule has 1 aromatic heterocycles. The number of hydrogen-bond acceptors (Lipinski definition) is 3. The van der Waals surface area contributed by atoms with E-state index in [0.29, 0.717) is 5.92 Å². The fourth-order valence-corrected chi connectivity index (χ4v) is 4.17. The van der Waals surface area contributed by atoms with Gasteiger partial charge in [-0.3, -0.25) is 9.69 Å². The third-order valence-electron chi connectivity index (χ3n) is 5.54. The van der Waals surface area contributed by atoms with Crippen LogP contribution in [-0.2, 0) is 11.2 Å². The number of rotatable bonds is 4. The number of carbonyl (C=O) groups excluding carboxylic acids is 1. The van der Waals surface area contributed by atoms with Crippen molar-refractivity contribution in [1.82, 2.24) is 4.98 Å². The smallest absolute Gasteiger partial charge is 0.252 e. The molecule has 1 aliphatic heterocycles. The Balaban J connectivity index is 1.56. The van der Waals surface area contributed by atoms with E-state index in [2.05, 4.69) is 18.0 Å². The average molecular weight is 362 g/mol. The van der Waals surface area contributed by atoms with Crippen LogP contribution in [0.3, 0.4) is 0 Å². The second-order valence-electron chi connectivity index (χ2n) is 7.62. The molecule has 1 saturated carbocycles. The van der Waals surface area contributed by atoms with Crippen LogP contribution in [0.1, 0.15) is 43.7 Å². The van der Waals surface area contributed by atoms with Gasteiger partial charge in [0.05, 0.1) is 6.61 Å². The molecule has 0 N–H and O–H groups in total. The standard InChI is InChI=1S/C23H26N2O2/c1-17-5-4-6-20(15-17)25(22-7-2-3-13-24-22)23(26)11-9-18-8-10-21-19(16-18)12-14-27-21/h2-3,7-11,13,16-17,20H,4-6,12,14-15H2,1H3/b11-9+. The number of pyridine rings is 1. The van der Waals surface area contributed by atoms with Gasteiger partial charge in [-0.1, -0.05) is 31.9 Å². The number of benzene rings is 1. The fraction of sp³-hybridized carbons (Fsp3) is 0.391. The van der Waals surface area contributed by atoms with Gasteiger partial charge < -0.3 is 4.74 Å². The molecule has 2 aliphatic rings. The van der Waals surface area contributed by atoms with Crippen molar-refractivity contribution < 1.29 is 9.53 Å². The zero-order valence-corrected chi connectivity index (χ0v) is 15.8. The molecule has 4 nitrogen and oxygen atoms in total. The Morgan fingerprint density at radius 3 is 3.00 bits per heavy atom. The Kier molecular flexibility index (Phi) is 5.23. The third kappa shape index (κ3) is 4.05. The van der Waals surface area contributed by atoms with Crippen molar-refractivity contribution >= 4 is 17.8 Å². The van der Waals surface area contributed by atoms with E-state index in [9.17, 15) is 4.79 Å². The molecule has 1 amide bonds. The third-order valence-corrected chi connectivity index (χ3v) is 5.54. The highest BCUT2D eigenvalue weighted by atomic mass is 16.5. The monoisotopic (exact) mass is 362 g/mol. The van der Waals surface area contributed by atoms with Crippen molar-refractivity contribution in [2.75, 3.05) is 11.5 Å². The van der Waals surface area contributed by atoms with Crippen LogP contribution < -0.4 is 9.64 Å². The van der Waals surface area contributed by atoms with Gasteiger partial charge in [0.2, 0.25) is 0 Å². The number of anilines is 1. The van der Waals surface area contributed by atoms with Crippen LogP contribution in [0.25, 0.3) is 6.08 Å². The van der Waals surface area contributed by atoms with E-state index in [0.717, 1.165) is 49.4 Å². The summed E-state index contributed by atoms with van der Waals surface area (Å²) >= 11 is 0. The molecule has 2 heterocycles. The molecule has 0 bridgehead atoms. The number of fused-ring (bicyclic) bond motifs is 1. The summed E-state index contributed by atoms with van der Waals surface area (Å²) in [7, 11) is 0. The van der Waals surface area contributed by atoms with Crippen LogP contribution in [0.2, 0.25) is 0 Å². The topological polar surface area (TPSA) is 42.4 Å². The summed E-state index contributed by atoms with van der Waals surface area (Å²) in [4.78, 5) is 19.5. The van der Waals surface area contributed by atoms with Crippen molar-refractivity contribution in [3.8, 4) is 5.75 Å². The minimum atomic E-state index is 0.00421. The van der Waals surface area contributed by atoms with E-state index in [-0.39, 0.29) is 11.9 Å². The van der Waals surface area contributed by atoms with E-state index >= 15 is 0 Å². The van der Waals surface area contributed by atoms with E-state index in [1.54, 1.807) is 12.3 Å². The molecule has 1 aliphatic carbocycles. The summed E-state index contributed by atoms with van der Waals surface area (Å²) in [6.45, 7) is 3.02. The normalized spacial score (nSPS) is 21.7. The number of ether oxygens (including phenoxy) is 1. The van der Waals surface area contributed by atoms with Crippen LogP contribution >= 0.6 is 0 Å². The Hall–Kier alpha value is -2.62. The van der Waals surface area contributed by atoms with Gasteiger partial charge in [0, 0.05) is 24.7 Å². The van der Waals surface area contributed by atoms with Crippen LogP contribution in [0.15, 0.2) is 48.7 Å². The number of carbonyl (C=O) groups is 1. The molecule has 0 spiro atoms. The van der Waals surface area contributed by atoms with Crippen LogP contribution in [0.4, 0.5) is 5.82 Å². The highest BCUT2D eigenvalue weighted by Crippen LogP contribution is 2.30. The molecular formula is C23H26N2O2. The largest absolute Gasteiger partial charge is 0.493 e. The second-order valence-corrected chi connectivity index (χ2v) is 7.62. The SMILES string of the molecule is CC1CCCC(N(C(=O)/C=C/c2ccc3c(c2)CCO3)c2ccccn2)C1. The molecule has 2 unspecified atom stereocenters. The molecule has 0 saturated heterocycles. The summed E-state index contributed by atoms with van der Waals surface area (Å²) in [6.07, 6.45) is 10.8. The predicted molar refractivity (Wildman–Crippen MR) is 108 cm³/mol. The summed E-state index contributed by atoms with van der Waals surface area (Å²) in [5, 5.41) is 0. The lowest BCUT2D eigenvalue weighted by molar-refractivity contribution is -0.114. The molecule has 4 heteroatoms. The van der Waals surface area contributed by atoms with Crippen LogP contribution in [0, 0.1) is 5.92 Å². The molecular weight excluding hydrogens is 336 g/mol. The Bertz CT molecular complexity index is 832. The van der Waals surface area contributed by atoms with Crippen molar-refractivity contribution in [2.24, 2.45) is 5.92 Å². The first kappa shape index (κ1) is 17.8. The number of hydrogen-bond donors (Lipinski definition) is 0. The first-order valence-electron chi connectivity index (χ1n) is 9.89. The molecule has 4 rings (SSSR count). The van der Waals surface area contributed by atoms with Crippen molar-refractivity contribution in [3.63, 3.8) is 0 Å². The Morgan fingerprint density at radius 1 is 1.26 bits per heavy atom. The zero-order chi connectivity index (χ0) is 18.6. The summed E-state index contributed by atoms with van der Waals surface area (Å²) in [5.41, 5.74) is 2.25. The van der Waals surface area contributed by atoms with Gasteiger partial charge in [0.1, 0.15) is 11.6 Å². The minimum Gasteiger partial charge on any atom is -0.493 e. The molecule has 0 radical (unpaired) electrons. The van der Waals surface area contributed by atoms with Gasteiger partial charge in [-0.15, -0.1) is 0 Å². The Morgan fingerprint density at radius 2 is 2.19 bits per heavy atom. The predicted octanol–water partition coefficient (Wildman–Crippen LogP) is 4.64.